The molecule has 0 unspecified atom stereocenters. The summed E-state index contributed by atoms with van der Waals surface area (Å²) < 4.78 is 11.3. The van der Waals surface area contributed by atoms with E-state index in [1.54, 1.807) is 12.1 Å². The molecule has 0 radical (unpaired) electrons. The molecule has 112 valence electrons. The first-order valence-electron chi connectivity index (χ1n) is 7.17. The molecule has 0 aliphatic heterocycles. The number of pyridine rings is 2. The summed E-state index contributed by atoms with van der Waals surface area (Å²) in [4.78, 5) is 8.77. The first kappa shape index (κ1) is 15.1. The van der Waals surface area contributed by atoms with E-state index in [1.807, 2.05) is 32.9 Å². The van der Waals surface area contributed by atoms with Crippen LogP contribution >= 0.6 is 0 Å². The van der Waals surface area contributed by atoms with Gasteiger partial charge in [0.2, 0.25) is 11.8 Å². The summed E-state index contributed by atoms with van der Waals surface area (Å²) in [6.45, 7) is 6.61. The van der Waals surface area contributed by atoms with Crippen LogP contribution in [0.2, 0.25) is 0 Å². The lowest BCUT2D eigenvalue weighted by Gasteiger charge is -2.11. The molecule has 2 aromatic rings. The molecule has 0 saturated carbocycles. The Balaban J connectivity index is 2.23. The van der Waals surface area contributed by atoms with Gasteiger partial charge in [0.15, 0.2) is 5.75 Å². The maximum atomic E-state index is 5.84. The molecule has 0 spiro atoms. The largest absolute Gasteiger partial charge is 0.476 e. The summed E-state index contributed by atoms with van der Waals surface area (Å²) in [6, 6.07) is 7.29. The number of rotatable bonds is 6. The van der Waals surface area contributed by atoms with Crippen molar-refractivity contribution < 1.29 is 9.47 Å². The third-order valence-corrected chi connectivity index (χ3v) is 2.93. The molecule has 21 heavy (non-hydrogen) atoms. The molecule has 0 fully saturated rings. The number of nitrogens with two attached hydrogens (primary N) is 1. The van der Waals surface area contributed by atoms with E-state index in [2.05, 4.69) is 9.97 Å². The summed E-state index contributed by atoms with van der Waals surface area (Å²) >= 11 is 0. The van der Waals surface area contributed by atoms with E-state index in [-0.39, 0.29) is 0 Å². The lowest BCUT2D eigenvalue weighted by molar-refractivity contribution is 0.302. The van der Waals surface area contributed by atoms with Crippen molar-refractivity contribution >= 4 is 5.69 Å². The zero-order valence-electron chi connectivity index (χ0n) is 12.7. The van der Waals surface area contributed by atoms with Gasteiger partial charge in [-0.15, -0.1) is 0 Å². The Labute approximate surface area is 125 Å². The van der Waals surface area contributed by atoms with Crippen molar-refractivity contribution in [2.45, 2.75) is 33.6 Å². The average Bonchev–Trinajstić information content (AvgIpc) is 2.49. The molecule has 0 saturated heterocycles. The molecule has 5 heteroatoms. The molecule has 0 aliphatic rings. The van der Waals surface area contributed by atoms with Gasteiger partial charge in [-0.25, -0.2) is 0 Å². The second-order valence-corrected chi connectivity index (χ2v) is 4.75. The van der Waals surface area contributed by atoms with Gasteiger partial charge in [-0.1, -0.05) is 13.8 Å². The Bertz CT molecular complexity index is 614. The highest BCUT2D eigenvalue weighted by molar-refractivity contribution is 5.49. The summed E-state index contributed by atoms with van der Waals surface area (Å²) in [5.41, 5.74) is 8.23. The number of anilines is 1. The molecule has 0 aromatic carbocycles. The number of ether oxygens (including phenoxy) is 2. The van der Waals surface area contributed by atoms with Crippen LogP contribution in [0, 0.1) is 6.92 Å². The molecule has 0 bridgehead atoms. The van der Waals surface area contributed by atoms with Crippen LogP contribution < -0.4 is 15.2 Å². The highest BCUT2D eigenvalue weighted by Crippen LogP contribution is 2.27. The van der Waals surface area contributed by atoms with Crippen LogP contribution in [-0.4, -0.2) is 16.6 Å². The zero-order valence-corrected chi connectivity index (χ0v) is 12.7. The molecule has 0 atom stereocenters. The van der Waals surface area contributed by atoms with Crippen molar-refractivity contribution in [3.63, 3.8) is 0 Å². The Morgan fingerprint density at radius 3 is 2.62 bits per heavy atom. The van der Waals surface area contributed by atoms with Gasteiger partial charge in [0.1, 0.15) is 0 Å². The predicted octanol–water partition coefficient (Wildman–Crippen LogP) is 3.51. The lowest BCUT2D eigenvalue weighted by atomic mass is 10.2. The molecule has 0 amide bonds. The molecule has 2 heterocycles. The SMILES string of the molecule is CCCOc1nc(Oc2ccc(C)nc2CC)ccc1N. The van der Waals surface area contributed by atoms with E-state index in [4.69, 9.17) is 15.2 Å². The standard InChI is InChI=1S/C16H21N3O2/c1-4-10-20-16-12(17)7-9-15(19-16)21-14-8-6-11(3)18-13(14)5-2/h6-9H,4-5,10,17H2,1-3H3. The minimum Gasteiger partial charge on any atom is -0.476 e. The molecule has 5 nitrogen and oxygen atoms in total. The fraction of sp³-hybridized carbons (Fsp3) is 0.375. The minimum atomic E-state index is 0.410. The number of hydrogen-bond acceptors (Lipinski definition) is 5. The number of nitrogen functional groups attached to an aromatic ring is 1. The molecule has 2 rings (SSSR count). The van der Waals surface area contributed by atoms with E-state index in [0.717, 1.165) is 24.2 Å². The fourth-order valence-electron chi connectivity index (χ4n) is 1.86. The molecular formula is C16H21N3O2. The van der Waals surface area contributed by atoms with Gasteiger partial charge in [-0.3, -0.25) is 4.98 Å². The Morgan fingerprint density at radius 2 is 1.90 bits per heavy atom. The van der Waals surface area contributed by atoms with E-state index < -0.39 is 0 Å². The van der Waals surface area contributed by atoms with Crippen LogP contribution in [0.3, 0.4) is 0 Å². The molecular weight excluding hydrogens is 266 g/mol. The maximum absolute atomic E-state index is 5.84. The first-order chi connectivity index (χ1) is 10.1. The number of hydrogen-bond donors (Lipinski definition) is 1. The quantitative estimate of drug-likeness (QED) is 0.880. The van der Waals surface area contributed by atoms with Crippen LogP contribution in [0.1, 0.15) is 31.7 Å². The highest BCUT2D eigenvalue weighted by atomic mass is 16.5. The number of aromatic nitrogens is 2. The van der Waals surface area contributed by atoms with Crippen molar-refractivity contribution in [1.82, 2.24) is 9.97 Å². The monoisotopic (exact) mass is 287 g/mol. The minimum absolute atomic E-state index is 0.410. The summed E-state index contributed by atoms with van der Waals surface area (Å²) in [6.07, 6.45) is 1.69. The summed E-state index contributed by atoms with van der Waals surface area (Å²) in [5, 5.41) is 0. The molecule has 2 aromatic heterocycles. The van der Waals surface area contributed by atoms with Gasteiger partial charge in [-0.05, 0) is 38.0 Å². The van der Waals surface area contributed by atoms with Crippen molar-refractivity contribution in [2.24, 2.45) is 0 Å². The average molecular weight is 287 g/mol. The van der Waals surface area contributed by atoms with Gasteiger partial charge in [0.05, 0.1) is 18.0 Å². The van der Waals surface area contributed by atoms with Crippen LogP contribution in [0.25, 0.3) is 0 Å². The van der Waals surface area contributed by atoms with Crippen molar-refractivity contribution in [1.29, 1.82) is 0 Å². The molecule has 2 N–H and O–H groups in total. The van der Waals surface area contributed by atoms with Crippen LogP contribution in [-0.2, 0) is 6.42 Å². The first-order valence-corrected chi connectivity index (χ1v) is 7.17. The van der Waals surface area contributed by atoms with Gasteiger partial charge in [-0.2, -0.15) is 4.98 Å². The van der Waals surface area contributed by atoms with E-state index in [1.165, 1.54) is 0 Å². The van der Waals surface area contributed by atoms with Crippen molar-refractivity contribution in [3.8, 4) is 17.5 Å². The Morgan fingerprint density at radius 1 is 1.10 bits per heavy atom. The highest BCUT2D eigenvalue weighted by Gasteiger charge is 2.09. The summed E-state index contributed by atoms with van der Waals surface area (Å²) in [5.74, 6) is 1.57. The second-order valence-electron chi connectivity index (χ2n) is 4.75. The topological polar surface area (TPSA) is 70.3 Å². The second kappa shape index (κ2) is 6.92. The van der Waals surface area contributed by atoms with Gasteiger partial charge in [0, 0.05) is 11.8 Å². The van der Waals surface area contributed by atoms with Crippen LogP contribution in [0.15, 0.2) is 24.3 Å². The number of aryl methyl sites for hydroxylation is 2. The van der Waals surface area contributed by atoms with Crippen molar-refractivity contribution in [2.75, 3.05) is 12.3 Å². The summed E-state index contributed by atoms with van der Waals surface area (Å²) in [7, 11) is 0. The van der Waals surface area contributed by atoms with E-state index in [9.17, 15) is 0 Å². The van der Waals surface area contributed by atoms with E-state index >= 15 is 0 Å². The van der Waals surface area contributed by atoms with Gasteiger partial charge in [0.25, 0.3) is 0 Å². The van der Waals surface area contributed by atoms with Crippen LogP contribution in [0.4, 0.5) is 5.69 Å². The van der Waals surface area contributed by atoms with Gasteiger partial charge < -0.3 is 15.2 Å². The molecule has 0 aliphatic carbocycles. The smallest absolute Gasteiger partial charge is 0.240 e. The normalized spacial score (nSPS) is 10.4. The fourth-order valence-corrected chi connectivity index (χ4v) is 1.86. The Hall–Kier alpha value is -2.30. The number of nitrogens with zero attached hydrogens (tertiary/aromatic N) is 2. The third-order valence-electron chi connectivity index (χ3n) is 2.93. The van der Waals surface area contributed by atoms with Crippen molar-refractivity contribution in [3.05, 3.63) is 35.7 Å². The predicted molar refractivity (Wildman–Crippen MR) is 82.9 cm³/mol. The Kier molecular flexibility index (Phi) is 4.98. The zero-order chi connectivity index (χ0) is 15.2. The lowest BCUT2D eigenvalue weighted by Crippen LogP contribution is -2.03. The van der Waals surface area contributed by atoms with Crippen LogP contribution in [0.5, 0.6) is 17.5 Å². The van der Waals surface area contributed by atoms with E-state index in [0.29, 0.717) is 29.8 Å². The third kappa shape index (κ3) is 3.84. The maximum Gasteiger partial charge on any atom is 0.240 e. The van der Waals surface area contributed by atoms with Gasteiger partial charge >= 0.3 is 0 Å².